The fraction of sp³-hybridized carbons (Fsp3) is 0.909. The van der Waals surface area contributed by atoms with E-state index in [2.05, 4.69) is 0 Å². The molecule has 5 heteroatoms. The minimum atomic E-state index is -1.24. The highest BCUT2D eigenvalue weighted by Crippen LogP contribution is 2.27. The van der Waals surface area contributed by atoms with Crippen molar-refractivity contribution >= 4 is 5.91 Å². The summed E-state index contributed by atoms with van der Waals surface area (Å²) in [4.78, 5) is 12.6. The van der Waals surface area contributed by atoms with Crippen LogP contribution in [0.1, 0.15) is 26.7 Å². The Labute approximate surface area is 95.9 Å². The molecule has 0 aliphatic carbocycles. The monoisotopic (exact) mass is 232 g/mol. The highest BCUT2D eigenvalue weighted by molar-refractivity contribution is 5.75. The predicted octanol–water partition coefficient (Wildman–Crippen LogP) is 0.701. The molecule has 1 aliphatic rings. The smallest absolute Gasteiger partial charge is 0.231 e. The number of primary amides is 1. The molecule has 0 atom stereocenters. The van der Waals surface area contributed by atoms with Crippen LogP contribution in [0, 0.1) is 0 Å². The molecule has 1 aliphatic heterocycles. The van der Waals surface area contributed by atoms with E-state index >= 15 is 0 Å². The van der Waals surface area contributed by atoms with Gasteiger partial charge in [-0.25, -0.2) is 4.39 Å². The van der Waals surface area contributed by atoms with Crippen LogP contribution in [0.3, 0.4) is 0 Å². The third kappa shape index (κ3) is 4.45. The number of amides is 1. The second-order valence-corrected chi connectivity index (χ2v) is 4.75. The molecule has 0 radical (unpaired) electrons. The van der Waals surface area contributed by atoms with Gasteiger partial charge in [0, 0.05) is 13.1 Å². The number of hydrogen-bond donors (Lipinski definition) is 1. The second kappa shape index (κ2) is 5.59. The van der Waals surface area contributed by atoms with Crippen LogP contribution in [-0.2, 0) is 9.53 Å². The van der Waals surface area contributed by atoms with Crippen molar-refractivity contribution in [1.82, 2.24) is 4.90 Å². The zero-order chi connectivity index (χ0) is 12.2. The van der Waals surface area contributed by atoms with Gasteiger partial charge in [0.25, 0.3) is 0 Å². The first-order chi connectivity index (χ1) is 7.41. The number of alkyl halides is 1. The summed E-state index contributed by atoms with van der Waals surface area (Å²) in [5.41, 5.74) is 3.85. The fourth-order valence-electron chi connectivity index (χ4n) is 1.79. The Hall–Kier alpha value is -0.680. The Balaban J connectivity index is 2.32. The van der Waals surface area contributed by atoms with E-state index < -0.39 is 5.67 Å². The fourth-order valence-corrected chi connectivity index (χ4v) is 1.79. The summed E-state index contributed by atoms with van der Waals surface area (Å²) in [6, 6.07) is 0. The Morgan fingerprint density at radius 2 is 2.06 bits per heavy atom. The summed E-state index contributed by atoms with van der Waals surface area (Å²) in [6.07, 6.45) is 0.872. The molecule has 0 aromatic carbocycles. The van der Waals surface area contributed by atoms with Crippen LogP contribution in [0.15, 0.2) is 0 Å². The van der Waals surface area contributed by atoms with Crippen LogP contribution in [0.4, 0.5) is 4.39 Å². The quantitative estimate of drug-likeness (QED) is 0.759. The van der Waals surface area contributed by atoms with Crippen molar-refractivity contribution in [2.75, 3.05) is 26.2 Å². The van der Waals surface area contributed by atoms with E-state index in [0.717, 1.165) is 0 Å². The lowest BCUT2D eigenvalue weighted by Gasteiger charge is -2.35. The van der Waals surface area contributed by atoms with E-state index in [1.807, 2.05) is 18.7 Å². The Morgan fingerprint density at radius 1 is 1.50 bits per heavy atom. The maximum absolute atomic E-state index is 14.2. The summed E-state index contributed by atoms with van der Waals surface area (Å²) in [5.74, 6) is -0.357. The van der Waals surface area contributed by atoms with E-state index in [1.165, 1.54) is 0 Å². The first-order valence-corrected chi connectivity index (χ1v) is 5.72. The molecule has 16 heavy (non-hydrogen) atoms. The van der Waals surface area contributed by atoms with Crippen molar-refractivity contribution < 1.29 is 13.9 Å². The molecule has 0 bridgehead atoms. The van der Waals surface area contributed by atoms with Crippen LogP contribution in [0.2, 0.25) is 0 Å². The number of rotatable bonds is 5. The molecule has 0 spiro atoms. The largest absolute Gasteiger partial charge is 0.375 e. The lowest BCUT2D eigenvalue weighted by Crippen LogP contribution is -2.47. The SMILES string of the molecule is CC(C)OCC1(F)CCN(CC(N)=O)CC1. The molecule has 0 unspecified atom stereocenters. The minimum absolute atomic E-state index is 0.0521. The average Bonchev–Trinajstić information content (AvgIpc) is 2.19. The molecule has 1 amide bonds. The molecule has 1 rings (SSSR count). The van der Waals surface area contributed by atoms with Crippen molar-refractivity contribution in [3.05, 3.63) is 0 Å². The van der Waals surface area contributed by atoms with Crippen LogP contribution < -0.4 is 5.73 Å². The van der Waals surface area contributed by atoms with E-state index in [-0.39, 0.29) is 25.2 Å². The highest BCUT2D eigenvalue weighted by atomic mass is 19.1. The zero-order valence-electron chi connectivity index (χ0n) is 10.0. The second-order valence-electron chi connectivity index (χ2n) is 4.75. The molecule has 0 aromatic heterocycles. The molecule has 1 heterocycles. The van der Waals surface area contributed by atoms with Crippen molar-refractivity contribution in [3.63, 3.8) is 0 Å². The topological polar surface area (TPSA) is 55.6 Å². The summed E-state index contributed by atoms with van der Waals surface area (Å²) in [7, 11) is 0. The number of piperidine rings is 1. The van der Waals surface area contributed by atoms with E-state index in [9.17, 15) is 9.18 Å². The summed E-state index contributed by atoms with van der Waals surface area (Å²) in [6.45, 7) is 5.30. The van der Waals surface area contributed by atoms with E-state index in [1.54, 1.807) is 0 Å². The number of ether oxygens (including phenoxy) is 1. The first-order valence-electron chi connectivity index (χ1n) is 5.72. The van der Waals surface area contributed by atoms with Gasteiger partial charge in [-0.2, -0.15) is 0 Å². The van der Waals surface area contributed by atoms with Crippen molar-refractivity contribution in [3.8, 4) is 0 Å². The number of carbonyl (C=O) groups is 1. The van der Waals surface area contributed by atoms with Crippen LogP contribution in [0.5, 0.6) is 0 Å². The molecule has 0 saturated carbocycles. The van der Waals surface area contributed by atoms with Gasteiger partial charge in [0.1, 0.15) is 5.67 Å². The first kappa shape index (κ1) is 13.4. The van der Waals surface area contributed by atoms with Gasteiger partial charge in [-0.15, -0.1) is 0 Å². The van der Waals surface area contributed by atoms with Gasteiger partial charge in [-0.3, -0.25) is 9.69 Å². The van der Waals surface area contributed by atoms with Gasteiger partial charge in [0.05, 0.1) is 19.3 Å². The maximum Gasteiger partial charge on any atom is 0.231 e. The highest BCUT2D eigenvalue weighted by Gasteiger charge is 2.35. The van der Waals surface area contributed by atoms with Gasteiger partial charge < -0.3 is 10.5 Å². The Morgan fingerprint density at radius 3 is 2.50 bits per heavy atom. The number of hydrogen-bond acceptors (Lipinski definition) is 3. The molecular formula is C11H21FN2O2. The standard InChI is InChI=1S/C11H21FN2O2/c1-9(2)16-8-11(12)3-5-14(6-4-11)7-10(13)15/h9H,3-8H2,1-2H3,(H2,13,15). The lowest BCUT2D eigenvalue weighted by atomic mass is 9.94. The molecule has 1 saturated heterocycles. The molecule has 4 nitrogen and oxygen atoms in total. The van der Waals surface area contributed by atoms with Crippen LogP contribution >= 0.6 is 0 Å². The van der Waals surface area contributed by atoms with E-state index in [0.29, 0.717) is 25.9 Å². The molecule has 94 valence electrons. The average molecular weight is 232 g/mol. The van der Waals surface area contributed by atoms with Crippen LogP contribution in [-0.4, -0.2) is 48.8 Å². The van der Waals surface area contributed by atoms with Gasteiger partial charge in [-0.1, -0.05) is 0 Å². The number of halogens is 1. The number of likely N-dealkylation sites (tertiary alicyclic amines) is 1. The van der Waals surface area contributed by atoms with Crippen molar-refractivity contribution in [2.24, 2.45) is 5.73 Å². The maximum atomic E-state index is 14.2. The number of nitrogens with two attached hydrogens (primary N) is 1. The molecular weight excluding hydrogens is 211 g/mol. The third-order valence-electron chi connectivity index (χ3n) is 2.81. The molecule has 0 aromatic rings. The minimum Gasteiger partial charge on any atom is -0.375 e. The normalized spacial score (nSPS) is 21.2. The zero-order valence-corrected chi connectivity index (χ0v) is 10.0. The number of carbonyl (C=O) groups excluding carboxylic acids is 1. The van der Waals surface area contributed by atoms with Crippen molar-refractivity contribution in [1.29, 1.82) is 0 Å². The van der Waals surface area contributed by atoms with Gasteiger partial charge in [0.15, 0.2) is 0 Å². The van der Waals surface area contributed by atoms with Gasteiger partial charge in [-0.05, 0) is 26.7 Å². The summed E-state index contributed by atoms with van der Waals surface area (Å²) >= 11 is 0. The van der Waals surface area contributed by atoms with Crippen molar-refractivity contribution in [2.45, 2.75) is 38.5 Å². The van der Waals surface area contributed by atoms with Crippen LogP contribution in [0.25, 0.3) is 0 Å². The third-order valence-corrected chi connectivity index (χ3v) is 2.81. The van der Waals surface area contributed by atoms with E-state index in [4.69, 9.17) is 10.5 Å². The summed E-state index contributed by atoms with van der Waals surface area (Å²) < 4.78 is 19.5. The Kier molecular flexibility index (Phi) is 4.68. The molecule has 1 fully saturated rings. The van der Waals surface area contributed by atoms with Gasteiger partial charge >= 0.3 is 0 Å². The lowest BCUT2D eigenvalue weighted by molar-refractivity contribution is -0.120. The summed E-state index contributed by atoms with van der Waals surface area (Å²) in [5, 5.41) is 0. The number of nitrogens with zero attached hydrogens (tertiary/aromatic N) is 1. The van der Waals surface area contributed by atoms with Gasteiger partial charge in [0.2, 0.25) is 5.91 Å². The Bertz CT molecular complexity index is 238. The molecule has 2 N–H and O–H groups in total. The predicted molar refractivity (Wildman–Crippen MR) is 59.8 cm³/mol.